The van der Waals surface area contributed by atoms with Crippen molar-refractivity contribution in [2.24, 2.45) is 5.41 Å². The number of hydrogen-bond donors (Lipinski definition) is 1. The van der Waals surface area contributed by atoms with Crippen LogP contribution in [0.4, 0.5) is 4.39 Å². The molecule has 122 valence electrons. The molecule has 0 spiro atoms. The first-order valence-corrected chi connectivity index (χ1v) is 8.14. The number of carbonyl (C=O) groups excluding carboxylic acids is 1. The average Bonchev–Trinajstić information content (AvgIpc) is 2.54. The first-order chi connectivity index (χ1) is 10.5. The second kappa shape index (κ2) is 7.23. The second-order valence-electron chi connectivity index (χ2n) is 6.55. The number of piperidine rings is 1. The van der Waals surface area contributed by atoms with E-state index in [1.807, 2.05) is 17.9 Å². The first kappa shape index (κ1) is 16.9. The van der Waals surface area contributed by atoms with Crippen molar-refractivity contribution in [2.75, 3.05) is 19.7 Å². The lowest BCUT2D eigenvalue weighted by molar-refractivity contribution is -0.134. The third kappa shape index (κ3) is 3.86. The third-order valence-electron chi connectivity index (χ3n) is 5.16. The minimum atomic E-state index is -0.259. The summed E-state index contributed by atoms with van der Waals surface area (Å²) >= 11 is 0. The summed E-state index contributed by atoms with van der Waals surface area (Å²) in [7, 11) is 0. The molecule has 1 aliphatic heterocycles. The van der Waals surface area contributed by atoms with E-state index in [1.54, 1.807) is 6.07 Å². The molecule has 0 aromatic heterocycles. The fourth-order valence-electron chi connectivity index (χ4n) is 3.18. The van der Waals surface area contributed by atoms with Gasteiger partial charge in [0.25, 0.3) is 0 Å². The minimum Gasteiger partial charge on any atom is -0.396 e. The van der Waals surface area contributed by atoms with Gasteiger partial charge in [-0.15, -0.1) is 0 Å². The second-order valence-corrected chi connectivity index (χ2v) is 6.55. The number of aliphatic hydroxyl groups excluding tert-OH is 1. The smallest absolute Gasteiger partial charge is 0.223 e. The van der Waals surface area contributed by atoms with Gasteiger partial charge in [0.2, 0.25) is 5.91 Å². The van der Waals surface area contributed by atoms with Gasteiger partial charge in [-0.2, -0.15) is 0 Å². The molecule has 1 aromatic carbocycles. The maximum atomic E-state index is 13.3. The normalized spacial score (nSPS) is 19.0. The zero-order chi connectivity index (χ0) is 16.2. The summed E-state index contributed by atoms with van der Waals surface area (Å²) in [4.78, 5) is 14.3. The lowest BCUT2D eigenvalue weighted by atomic mass is 9.77. The number of amides is 1. The molecule has 1 saturated heterocycles. The number of benzene rings is 1. The Bertz CT molecular complexity index is 504. The summed E-state index contributed by atoms with van der Waals surface area (Å²) in [6.07, 6.45) is 3.08. The number of likely N-dealkylation sites (tertiary alicyclic amines) is 1. The SMILES string of the molecule is CCC1(CO)CCN(C(=O)CC(C)c2cccc(F)c2)CC1. The van der Waals surface area contributed by atoms with Crippen LogP contribution in [0.3, 0.4) is 0 Å². The Morgan fingerprint density at radius 3 is 2.64 bits per heavy atom. The maximum Gasteiger partial charge on any atom is 0.223 e. The summed E-state index contributed by atoms with van der Waals surface area (Å²) in [5, 5.41) is 9.55. The molecular formula is C18H26FNO2. The van der Waals surface area contributed by atoms with Crippen molar-refractivity contribution in [2.45, 2.75) is 45.4 Å². The Kier molecular flexibility index (Phi) is 5.57. The molecule has 1 atom stereocenters. The Labute approximate surface area is 132 Å². The monoisotopic (exact) mass is 307 g/mol. The van der Waals surface area contributed by atoms with Crippen molar-refractivity contribution in [3.63, 3.8) is 0 Å². The quantitative estimate of drug-likeness (QED) is 0.906. The van der Waals surface area contributed by atoms with Crippen molar-refractivity contribution >= 4 is 5.91 Å². The van der Waals surface area contributed by atoms with Gasteiger partial charge in [0.05, 0.1) is 0 Å². The van der Waals surface area contributed by atoms with Gasteiger partial charge in [-0.1, -0.05) is 26.0 Å². The summed E-state index contributed by atoms with van der Waals surface area (Å²) in [5.74, 6) is -0.122. The molecular weight excluding hydrogens is 281 g/mol. The predicted octanol–water partition coefficient (Wildman–Crippen LogP) is 3.33. The van der Waals surface area contributed by atoms with Gasteiger partial charge in [-0.3, -0.25) is 4.79 Å². The topological polar surface area (TPSA) is 40.5 Å². The lowest BCUT2D eigenvalue weighted by Gasteiger charge is -2.40. The van der Waals surface area contributed by atoms with E-state index in [0.717, 1.165) is 24.8 Å². The average molecular weight is 307 g/mol. The molecule has 1 fully saturated rings. The van der Waals surface area contributed by atoms with E-state index in [9.17, 15) is 14.3 Å². The molecule has 2 rings (SSSR count). The van der Waals surface area contributed by atoms with Gasteiger partial charge >= 0.3 is 0 Å². The Morgan fingerprint density at radius 1 is 1.41 bits per heavy atom. The van der Waals surface area contributed by atoms with Gasteiger partial charge in [-0.05, 0) is 48.3 Å². The van der Waals surface area contributed by atoms with Crippen LogP contribution in [-0.2, 0) is 4.79 Å². The molecule has 1 unspecified atom stereocenters. The summed E-state index contributed by atoms with van der Waals surface area (Å²) in [5.41, 5.74) is 0.855. The number of hydrogen-bond acceptors (Lipinski definition) is 2. The van der Waals surface area contributed by atoms with E-state index in [-0.39, 0.29) is 29.7 Å². The van der Waals surface area contributed by atoms with Crippen molar-refractivity contribution < 1.29 is 14.3 Å². The van der Waals surface area contributed by atoms with E-state index >= 15 is 0 Å². The molecule has 1 aliphatic rings. The highest BCUT2D eigenvalue weighted by Gasteiger charge is 2.34. The highest BCUT2D eigenvalue weighted by Crippen LogP contribution is 2.34. The van der Waals surface area contributed by atoms with Crippen LogP contribution >= 0.6 is 0 Å². The molecule has 0 bridgehead atoms. The van der Waals surface area contributed by atoms with E-state index in [4.69, 9.17) is 0 Å². The molecule has 4 heteroatoms. The molecule has 1 heterocycles. The van der Waals surface area contributed by atoms with Crippen LogP contribution in [0.25, 0.3) is 0 Å². The van der Waals surface area contributed by atoms with Crippen LogP contribution in [0.15, 0.2) is 24.3 Å². The molecule has 3 nitrogen and oxygen atoms in total. The summed E-state index contributed by atoms with van der Waals surface area (Å²) < 4.78 is 13.3. The number of aliphatic hydroxyl groups is 1. The van der Waals surface area contributed by atoms with E-state index in [2.05, 4.69) is 6.92 Å². The fourth-order valence-corrected chi connectivity index (χ4v) is 3.18. The Hall–Kier alpha value is -1.42. The highest BCUT2D eigenvalue weighted by atomic mass is 19.1. The molecule has 1 amide bonds. The van der Waals surface area contributed by atoms with Crippen LogP contribution in [0.5, 0.6) is 0 Å². The number of rotatable bonds is 5. The molecule has 0 saturated carbocycles. The van der Waals surface area contributed by atoms with Gasteiger partial charge in [0.1, 0.15) is 5.82 Å². The van der Waals surface area contributed by atoms with Crippen molar-refractivity contribution in [1.29, 1.82) is 0 Å². The Balaban J connectivity index is 1.91. The zero-order valence-corrected chi connectivity index (χ0v) is 13.5. The first-order valence-electron chi connectivity index (χ1n) is 8.14. The van der Waals surface area contributed by atoms with Crippen molar-refractivity contribution in [3.8, 4) is 0 Å². The van der Waals surface area contributed by atoms with Gasteiger partial charge in [-0.25, -0.2) is 4.39 Å². The van der Waals surface area contributed by atoms with Crippen LogP contribution in [0, 0.1) is 11.2 Å². The minimum absolute atomic E-state index is 0.00897. The number of halogens is 1. The number of nitrogens with zero attached hydrogens (tertiary/aromatic N) is 1. The largest absolute Gasteiger partial charge is 0.396 e. The van der Waals surface area contributed by atoms with Crippen LogP contribution in [-0.4, -0.2) is 35.6 Å². The molecule has 0 radical (unpaired) electrons. The summed E-state index contributed by atoms with van der Waals surface area (Å²) in [6.45, 7) is 5.68. The van der Waals surface area contributed by atoms with E-state index < -0.39 is 0 Å². The third-order valence-corrected chi connectivity index (χ3v) is 5.16. The Morgan fingerprint density at radius 2 is 2.09 bits per heavy atom. The van der Waals surface area contributed by atoms with Crippen LogP contribution in [0.2, 0.25) is 0 Å². The lowest BCUT2D eigenvalue weighted by Crippen LogP contribution is -2.44. The predicted molar refractivity (Wildman–Crippen MR) is 85.1 cm³/mol. The van der Waals surface area contributed by atoms with Gasteiger partial charge < -0.3 is 10.0 Å². The standard InChI is InChI=1S/C18H26FNO2/c1-3-18(13-21)7-9-20(10-8-18)17(22)11-14(2)15-5-4-6-16(19)12-15/h4-6,12,14,21H,3,7-11,13H2,1-2H3. The van der Waals surface area contributed by atoms with Crippen molar-refractivity contribution in [1.82, 2.24) is 4.90 Å². The molecule has 1 aromatic rings. The van der Waals surface area contributed by atoms with Crippen molar-refractivity contribution in [3.05, 3.63) is 35.6 Å². The molecule has 22 heavy (non-hydrogen) atoms. The molecule has 1 N–H and O–H groups in total. The maximum absolute atomic E-state index is 13.3. The number of carbonyl (C=O) groups is 1. The van der Waals surface area contributed by atoms with Crippen LogP contribution in [0.1, 0.15) is 51.0 Å². The van der Waals surface area contributed by atoms with E-state index in [1.165, 1.54) is 12.1 Å². The molecule has 0 aliphatic carbocycles. The fraction of sp³-hybridized carbons (Fsp3) is 0.611. The van der Waals surface area contributed by atoms with Gasteiger partial charge in [0, 0.05) is 26.1 Å². The van der Waals surface area contributed by atoms with Gasteiger partial charge in [0.15, 0.2) is 0 Å². The van der Waals surface area contributed by atoms with E-state index in [0.29, 0.717) is 19.5 Å². The van der Waals surface area contributed by atoms with Crippen LogP contribution < -0.4 is 0 Å². The highest BCUT2D eigenvalue weighted by molar-refractivity contribution is 5.77. The summed E-state index contributed by atoms with van der Waals surface area (Å²) in [6, 6.07) is 6.47. The zero-order valence-electron chi connectivity index (χ0n) is 13.5.